The van der Waals surface area contributed by atoms with Crippen molar-refractivity contribution in [3.8, 4) is 5.69 Å². The maximum Gasteiger partial charge on any atom is 0.337 e. The van der Waals surface area contributed by atoms with Gasteiger partial charge in [-0.15, -0.1) is 0 Å². The zero-order valence-electron chi connectivity index (χ0n) is 9.75. The number of carboxylic acid groups (broad SMARTS) is 1. The van der Waals surface area contributed by atoms with Crippen LogP contribution in [0.4, 0.5) is 4.39 Å². The summed E-state index contributed by atoms with van der Waals surface area (Å²) in [5.74, 6) is -1.35. The van der Waals surface area contributed by atoms with Crippen LogP contribution in [-0.2, 0) is 0 Å². The van der Waals surface area contributed by atoms with Crippen LogP contribution in [0.1, 0.15) is 10.4 Å². The fraction of sp³-hybridized carbons (Fsp3) is 0. The van der Waals surface area contributed by atoms with E-state index >= 15 is 0 Å². The van der Waals surface area contributed by atoms with Gasteiger partial charge in [0.15, 0.2) is 0 Å². The van der Waals surface area contributed by atoms with E-state index in [1.165, 1.54) is 18.3 Å². The van der Waals surface area contributed by atoms with Crippen molar-refractivity contribution in [2.75, 3.05) is 0 Å². The van der Waals surface area contributed by atoms with Gasteiger partial charge in [-0.05, 0) is 30.3 Å². The summed E-state index contributed by atoms with van der Waals surface area (Å²) in [6.07, 6.45) is 3.03. The fourth-order valence-electron chi connectivity index (χ4n) is 1.98. The summed E-state index contributed by atoms with van der Waals surface area (Å²) in [6, 6.07) is 9.43. The summed E-state index contributed by atoms with van der Waals surface area (Å²) in [7, 11) is 0. The summed E-state index contributed by atoms with van der Waals surface area (Å²) in [6.45, 7) is 0. The van der Waals surface area contributed by atoms with Gasteiger partial charge in [0.2, 0.25) is 0 Å². The minimum atomic E-state index is -1.02. The first-order valence-electron chi connectivity index (χ1n) is 5.61. The van der Waals surface area contributed by atoms with Crippen LogP contribution in [-0.4, -0.2) is 20.6 Å². The van der Waals surface area contributed by atoms with Crippen LogP contribution in [0.25, 0.3) is 16.7 Å². The van der Waals surface area contributed by atoms with E-state index in [-0.39, 0.29) is 11.4 Å². The van der Waals surface area contributed by atoms with Crippen LogP contribution in [0, 0.1) is 5.82 Å². The van der Waals surface area contributed by atoms with Crippen LogP contribution in [0.15, 0.2) is 48.8 Å². The highest BCUT2D eigenvalue weighted by Crippen LogP contribution is 2.20. The largest absolute Gasteiger partial charge is 0.478 e. The van der Waals surface area contributed by atoms with Gasteiger partial charge in [0.1, 0.15) is 11.5 Å². The molecule has 0 amide bonds. The van der Waals surface area contributed by atoms with Gasteiger partial charge in [0.05, 0.1) is 5.56 Å². The highest BCUT2D eigenvalue weighted by atomic mass is 19.1. The Morgan fingerprint density at radius 3 is 2.84 bits per heavy atom. The third kappa shape index (κ3) is 1.95. The number of nitrogens with zero attached hydrogens (tertiary/aromatic N) is 2. The average molecular weight is 256 g/mol. The van der Waals surface area contributed by atoms with E-state index in [1.54, 1.807) is 35.0 Å². The molecule has 5 heteroatoms. The van der Waals surface area contributed by atoms with Gasteiger partial charge in [-0.2, -0.15) is 0 Å². The van der Waals surface area contributed by atoms with E-state index in [1.807, 2.05) is 0 Å². The number of benzene rings is 1. The highest BCUT2D eigenvalue weighted by molar-refractivity contribution is 5.92. The molecule has 2 heterocycles. The lowest BCUT2D eigenvalue weighted by Crippen LogP contribution is -1.99. The topological polar surface area (TPSA) is 55.1 Å². The van der Waals surface area contributed by atoms with Crippen molar-refractivity contribution in [2.45, 2.75) is 0 Å². The molecule has 0 aliphatic rings. The molecule has 1 aromatic carbocycles. The molecule has 0 aliphatic heterocycles. The van der Waals surface area contributed by atoms with Crippen molar-refractivity contribution in [3.05, 3.63) is 60.2 Å². The maximum atomic E-state index is 13.2. The van der Waals surface area contributed by atoms with Gasteiger partial charge < -0.3 is 9.67 Å². The minimum Gasteiger partial charge on any atom is -0.478 e. The Morgan fingerprint density at radius 2 is 2.11 bits per heavy atom. The predicted molar refractivity (Wildman–Crippen MR) is 68.0 cm³/mol. The molecule has 0 bridgehead atoms. The molecule has 3 aromatic rings. The lowest BCUT2D eigenvalue weighted by Gasteiger charge is -2.04. The Morgan fingerprint density at radius 1 is 1.26 bits per heavy atom. The summed E-state index contributed by atoms with van der Waals surface area (Å²) >= 11 is 0. The summed E-state index contributed by atoms with van der Waals surface area (Å²) in [5.41, 5.74) is 1.37. The van der Waals surface area contributed by atoms with Gasteiger partial charge >= 0.3 is 5.97 Å². The first-order chi connectivity index (χ1) is 9.15. The van der Waals surface area contributed by atoms with Crippen LogP contribution in [0.3, 0.4) is 0 Å². The van der Waals surface area contributed by atoms with E-state index < -0.39 is 5.97 Å². The lowest BCUT2D eigenvalue weighted by molar-refractivity contribution is 0.0696. The monoisotopic (exact) mass is 256 g/mol. The minimum absolute atomic E-state index is 0.129. The number of aromatic carboxylic acids is 1. The van der Waals surface area contributed by atoms with Crippen molar-refractivity contribution in [2.24, 2.45) is 0 Å². The predicted octanol–water partition coefficient (Wildman–Crippen LogP) is 2.86. The zero-order chi connectivity index (χ0) is 13.4. The van der Waals surface area contributed by atoms with E-state index in [4.69, 9.17) is 5.11 Å². The molecule has 0 atom stereocenters. The van der Waals surface area contributed by atoms with Crippen molar-refractivity contribution < 1.29 is 14.3 Å². The second kappa shape index (κ2) is 4.20. The van der Waals surface area contributed by atoms with Crippen LogP contribution in [0.5, 0.6) is 0 Å². The Balaban J connectivity index is 2.18. The van der Waals surface area contributed by atoms with E-state index in [9.17, 15) is 9.18 Å². The molecule has 94 valence electrons. The second-order valence-corrected chi connectivity index (χ2v) is 4.11. The molecule has 0 spiro atoms. The molecule has 0 fully saturated rings. The molecule has 0 unspecified atom stereocenters. The normalized spacial score (nSPS) is 10.8. The van der Waals surface area contributed by atoms with Crippen LogP contribution >= 0.6 is 0 Å². The summed E-state index contributed by atoms with van der Waals surface area (Å²) < 4.78 is 14.9. The molecule has 1 N–H and O–H groups in total. The Bertz CT molecular complexity index is 780. The van der Waals surface area contributed by atoms with Gasteiger partial charge in [-0.3, -0.25) is 0 Å². The number of halogens is 1. The number of carboxylic acids is 1. The third-order valence-corrected chi connectivity index (χ3v) is 2.86. The molecule has 19 heavy (non-hydrogen) atoms. The van der Waals surface area contributed by atoms with Crippen LogP contribution < -0.4 is 0 Å². The summed E-state index contributed by atoms with van der Waals surface area (Å²) in [5, 5.41) is 9.61. The molecule has 0 aliphatic carbocycles. The number of rotatable bonds is 2. The zero-order valence-corrected chi connectivity index (χ0v) is 9.75. The number of hydrogen-bond donors (Lipinski definition) is 1. The number of carbonyl (C=O) groups is 1. The standard InChI is InChI=1S/C14H9FN2O2/c15-11-2-1-3-12(7-11)17-5-4-9-6-10(14(18)19)8-16-13(9)17/h1-8H,(H,18,19). The third-order valence-electron chi connectivity index (χ3n) is 2.86. The first kappa shape index (κ1) is 11.4. The highest BCUT2D eigenvalue weighted by Gasteiger charge is 2.09. The van der Waals surface area contributed by atoms with E-state index in [2.05, 4.69) is 4.98 Å². The number of pyridine rings is 1. The molecule has 3 rings (SSSR count). The van der Waals surface area contributed by atoms with Crippen molar-refractivity contribution in [1.82, 2.24) is 9.55 Å². The van der Waals surface area contributed by atoms with Crippen molar-refractivity contribution in [3.63, 3.8) is 0 Å². The molecule has 0 saturated heterocycles. The van der Waals surface area contributed by atoms with Crippen molar-refractivity contribution in [1.29, 1.82) is 0 Å². The summed E-state index contributed by atoms with van der Waals surface area (Å²) in [4.78, 5) is 15.0. The first-order valence-corrected chi connectivity index (χ1v) is 5.61. The van der Waals surface area contributed by atoms with Gasteiger partial charge in [0, 0.05) is 23.5 Å². The quantitative estimate of drug-likeness (QED) is 0.767. The fourth-order valence-corrected chi connectivity index (χ4v) is 1.98. The van der Waals surface area contributed by atoms with Gasteiger partial charge in [0.25, 0.3) is 0 Å². The molecular formula is C14H9FN2O2. The smallest absolute Gasteiger partial charge is 0.337 e. The molecule has 0 saturated carbocycles. The Kier molecular flexibility index (Phi) is 2.52. The molecule has 0 radical (unpaired) electrons. The number of fused-ring (bicyclic) bond motifs is 1. The SMILES string of the molecule is O=C(O)c1cnc2c(ccn2-c2cccc(F)c2)c1. The lowest BCUT2D eigenvalue weighted by atomic mass is 10.2. The van der Waals surface area contributed by atoms with E-state index in [0.717, 1.165) is 0 Å². The van der Waals surface area contributed by atoms with Gasteiger partial charge in [-0.25, -0.2) is 14.2 Å². The van der Waals surface area contributed by atoms with E-state index in [0.29, 0.717) is 16.7 Å². The molecule has 2 aromatic heterocycles. The molecular weight excluding hydrogens is 247 g/mol. The van der Waals surface area contributed by atoms with Crippen molar-refractivity contribution >= 4 is 17.0 Å². The average Bonchev–Trinajstić information content (AvgIpc) is 2.81. The number of hydrogen-bond acceptors (Lipinski definition) is 2. The van der Waals surface area contributed by atoms with Crippen LogP contribution in [0.2, 0.25) is 0 Å². The number of aromatic nitrogens is 2. The second-order valence-electron chi connectivity index (χ2n) is 4.11. The Labute approximate surface area is 107 Å². The maximum absolute atomic E-state index is 13.2. The van der Waals surface area contributed by atoms with Gasteiger partial charge in [-0.1, -0.05) is 6.07 Å². The molecule has 4 nitrogen and oxygen atoms in total. The Hall–Kier alpha value is -2.69.